The van der Waals surface area contributed by atoms with Crippen LogP contribution in [0.25, 0.3) is 0 Å². The third-order valence-electron chi connectivity index (χ3n) is 4.12. The van der Waals surface area contributed by atoms with Gasteiger partial charge in [-0.3, -0.25) is 9.78 Å². The van der Waals surface area contributed by atoms with Gasteiger partial charge >= 0.3 is 0 Å². The van der Waals surface area contributed by atoms with Gasteiger partial charge in [0, 0.05) is 19.3 Å². The van der Waals surface area contributed by atoms with E-state index in [0.29, 0.717) is 18.8 Å². The predicted molar refractivity (Wildman–Crippen MR) is 101 cm³/mol. The second-order valence-electron chi connectivity index (χ2n) is 5.92. The fraction of sp³-hybridized carbons (Fsp3) is 0.294. The average molecular weight is 414 g/mol. The Morgan fingerprint density at radius 2 is 1.85 bits per heavy atom. The number of amides is 1. The van der Waals surface area contributed by atoms with Crippen molar-refractivity contribution in [2.24, 2.45) is 0 Å². The molecular formula is C17H17Cl2N3O3S. The second kappa shape index (κ2) is 7.92. The van der Waals surface area contributed by atoms with E-state index in [4.69, 9.17) is 23.2 Å². The van der Waals surface area contributed by atoms with Crippen LogP contribution in [0.2, 0.25) is 10.0 Å². The molecule has 1 aliphatic rings. The molecule has 26 heavy (non-hydrogen) atoms. The Balaban J connectivity index is 1.95. The van der Waals surface area contributed by atoms with E-state index in [1.807, 2.05) is 0 Å². The standard InChI is InChI=1S/C17H17Cl2N3O3S/c18-14-10-15(19)16(26(24,25)22-7-2-1-3-8-22)9-13(14)17(23)21-12-5-4-6-20-11-12/h4-6,9-11H,1-3,7-8H2,(H,21,23). The predicted octanol–water partition coefficient (Wildman–Crippen LogP) is 3.82. The Bertz CT molecular complexity index is 914. The van der Waals surface area contributed by atoms with Crippen LogP contribution in [-0.2, 0) is 10.0 Å². The van der Waals surface area contributed by atoms with E-state index in [1.54, 1.807) is 18.3 Å². The summed E-state index contributed by atoms with van der Waals surface area (Å²) >= 11 is 12.3. The molecule has 1 amide bonds. The van der Waals surface area contributed by atoms with E-state index >= 15 is 0 Å². The molecule has 0 bridgehead atoms. The number of carbonyl (C=O) groups excluding carboxylic acids is 1. The van der Waals surface area contributed by atoms with E-state index < -0.39 is 15.9 Å². The molecule has 0 spiro atoms. The van der Waals surface area contributed by atoms with Crippen LogP contribution >= 0.6 is 23.2 Å². The van der Waals surface area contributed by atoms with E-state index in [0.717, 1.165) is 19.3 Å². The molecule has 2 aromatic rings. The molecule has 0 unspecified atom stereocenters. The van der Waals surface area contributed by atoms with E-state index in [-0.39, 0.29) is 20.5 Å². The first-order valence-corrected chi connectivity index (χ1v) is 10.3. The molecular weight excluding hydrogens is 397 g/mol. The smallest absolute Gasteiger partial charge is 0.257 e. The van der Waals surface area contributed by atoms with Gasteiger partial charge in [-0.2, -0.15) is 4.31 Å². The molecule has 0 saturated carbocycles. The zero-order valence-electron chi connectivity index (χ0n) is 13.8. The number of piperidine rings is 1. The first-order valence-electron chi connectivity index (χ1n) is 8.10. The fourth-order valence-electron chi connectivity index (χ4n) is 2.78. The maximum atomic E-state index is 12.9. The number of rotatable bonds is 4. The van der Waals surface area contributed by atoms with Crippen LogP contribution in [0.5, 0.6) is 0 Å². The van der Waals surface area contributed by atoms with Gasteiger partial charge < -0.3 is 5.32 Å². The van der Waals surface area contributed by atoms with Crippen LogP contribution in [0.3, 0.4) is 0 Å². The third-order valence-corrected chi connectivity index (χ3v) is 6.79. The minimum absolute atomic E-state index is 0.00139. The molecule has 1 aromatic heterocycles. The number of halogens is 2. The molecule has 1 N–H and O–H groups in total. The highest BCUT2D eigenvalue weighted by Crippen LogP contribution is 2.32. The van der Waals surface area contributed by atoms with Crippen LogP contribution in [0.1, 0.15) is 29.6 Å². The number of carbonyl (C=O) groups is 1. The molecule has 1 aliphatic heterocycles. The molecule has 9 heteroatoms. The Labute approximate surface area is 162 Å². The van der Waals surface area contributed by atoms with Crippen LogP contribution in [0.15, 0.2) is 41.6 Å². The Morgan fingerprint density at radius 1 is 1.12 bits per heavy atom. The van der Waals surface area contributed by atoms with Crippen molar-refractivity contribution in [1.29, 1.82) is 0 Å². The lowest BCUT2D eigenvalue weighted by Gasteiger charge is -2.26. The first kappa shape index (κ1) is 19.1. The van der Waals surface area contributed by atoms with Crippen LogP contribution in [-0.4, -0.2) is 36.7 Å². The van der Waals surface area contributed by atoms with Crippen molar-refractivity contribution in [2.75, 3.05) is 18.4 Å². The SMILES string of the molecule is O=C(Nc1cccnc1)c1cc(S(=O)(=O)N2CCCCC2)c(Cl)cc1Cl. The normalized spacial score (nSPS) is 15.6. The number of benzene rings is 1. The molecule has 1 aromatic carbocycles. The van der Waals surface area contributed by atoms with Gasteiger partial charge in [-0.25, -0.2) is 8.42 Å². The van der Waals surface area contributed by atoms with Gasteiger partial charge in [-0.05, 0) is 37.1 Å². The largest absolute Gasteiger partial charge is 0.321 e. The van der Waals surface area contributed by atoms with Crippen molar-refractivity contribution in [2.45, 2.75) is 24.2 Å². The summed E-state index contributed by atoms with van der Waals surface area (Å²) in [5.74, 6) is -0.533. The summed E-state index contributed by atoms with van der Waals surface area (Å²) in [7, 11) is -3.79. The lowest BCUT2D eigenvalue weighted by atomic mass is 10.2. The van der Waals surface area contributed by atoms with Gasteiger partial charge in [0.25, 0.3) is 5.91 Å². The zero-order chi connectivity index (χ0) is 18.7. The molecule has 138 valence electrons. The number of anilines is 1. The summed E-state index contributed by atoms with van der Waals surface area (Å²) < 4.78 is 27.2. The van der Waals surface area contributed by atoms with Crippen molar-refractivity contribution in [3.8, 4) is 0 Å². The van der Waals surface area contributed by atoms with Gasteiger partial charge in [0.2, 0.25) is 10.0 Å². The summed E-state index contributed by atoms with van der Waals surface area (Å²) in [6.07, 6.45) is 5.66. The lowest BCUT2D eigenvalue weighted by molar-refractivity contribution is 0.102. The van der Waals surface area contributed by atoms with Crippen molar-refractivity contribution in [3.05, 3.63) is 52.3 Å². The summed E-state index contributed by atoms with van der Waals surface area (Å²) in [5, 5.41) is 2.72. The Morgan fingerprint density at radius 3 is 2.50 bits per heavy atom. The summed E-state index contributed by atoms with van der Waals surface area (Å²) in [6.45, 7) is 0.886. The second-order valence-corrected chi connectivity index (χ2v) is 8.64. The number of nitrogens with zero attached hydrogens (tertiary/aromatic N) is 2. The minimum Gasteiger partial charge on any atom is -0.321 e. The first-order chi connectivity index (χ1) is 12.4. The molecule has 0 aliphatic carbocycles. The fourth-order valence-corrected chi connectivity index (χ4v) is 5.13. The third kappa shape index (κ3) is 4.01. The number of sulfonamides is 1. The quantitative estimate of drug-likeness (QED) is 0.825. The van der Waals surface area contributed by atoms with Crippen molar-refractivity contribution >= 4 is 44.8 Å². The maximum absolute atomic E-state index is 12.9. The highest BCUT2D eigenvalue weighted by molar-refractivity contribution is 7.89. The number of nitrogens with one attached hydrogen (secondary N) is 1. The number of hydrogen-bond donors (Lipinski definition) is 1. The van der Waals surface area contributed by atoms with E-state index in [9.17, 15) is 13.2 Å². The van der Waals surface area contributed by atoms with Crippen molar-refractivity contribution in [1.82, 2.24) is 9.29 Å². The summed E-state index contributed by atoms with van der Waals surface area (Å²) in [4.78, 5) is 16.3. The zero-order valence-corrected chi connectivity index (χ0v) is 16.1. The molecule has 0 radical (unpaired) electrons. The van der Waals surface area contributed by atoms with Crippen LogP contribution in [0.4, 0.5) is 5.69 Å². The highest BCUT2D eigenvalue weighted by atomic mass is 35.5. The molecule has 6 nitrogen and oxygen atoms in total. The topological polar surface area (TPSA) is 79.4 Å². The van der Waals surface area contributed by atoms with Crippen molar-refractivity contribution < 1.29 is 13.2 Å². The summed E-state index contributed by atoms with van der Waals surface area (Å²) in [5.41, 5.74) is 0.513. The number of hydrogen-bond acceptors (Lipinski definition) is 4. The molecule has 1 saturated heterocycles. The van der Waals surface area contributed by atoms with Gasteiger partial charge in [-0.1, -0.05) is 29.6 Å². The van der Waals surface area contributed by atoms with E-state index in [1.165, 1.54) is 22.6 Å². The van der Waals surface area contributed by atoms with Crippen LogP contribution < -0.4 is 5.32 Å². The van der Waals surface area contributed by atoms with Gasteiger partial charge in [0.15, 0.2) is 0 Å². The van der Waals surface area contributed by atoms with Gasteiger partial charge in [0.05, 0.1) is 27.5 Å². The van der Waals surface area contributed by atoms with Gasteiger partial charge in [0.1, 0.15) is 4.90 Å². The lowest BCUT2D eigenvalue weighted by Crippen LogP contribution is -2.35. The molecule has 0 atom stereocenters. The Hall–Kier alpha value is -1.67. The maximum Gasteiger partial charge on any atom is 0.257 e. The van der Waals surface area contributed by atoms with Crippen molar-refractivity contribution in [3.63, 3.8) is 0 Å². The molecule has 3 rings (SSSR count). The molecule has 2 heterocycles. The number of aromatic nitrogens is 1. The molecule has 1 fully saturated rings. The monoisotopic (exact) mass is 413 g/mol. The summed E-state index contributed by atoms with van der Waals surface area (Å²) in [6, 6.07) is 5.86. The van der Waals surface area contributed by atoms with Gasteiger partial charge in [-0.15, -0.1) is 0 Å². The van der Waals surface area contributed by atoms with Crippen LogP contribution in [0, 0.1) is 0 Å². The van der Waals surface area contributed by atoms with E-state index in [2.05, 4.69) is 10.3 Å². The minimum atomic E-state index is -3.79. The Kier molecular flexibility index (Phi) is 5.82. The average Bonchev–Trinajstić information content (AvgIpc) is 2.63. The number of pyridine rings is 1. The highest BCUT2D eigenvalue weighted by Gasteiger charge is 2.29.